The summed E-state index contributed by atoms with van der Waals surface area (Å²) >= 11 is 6.73. The highest BCUT2D eigenvalue weighted by Crippen LogP contribution is 2.19. The lowest BCUT2D eigenvalue weighted by Gasteiger charge is -2.01. The van der Waals surface area contributed by atoms with Crippen molar-refractivity contribution in [2.24, 2.45) is 0 Å². The maximum Gasteiger partial charge on any atom is 0.130 e. The minimum Gasteiger partial charge on any atom is -0.118 e. The SMILES string of the molecule is C/C=C/C=C/C(C#CC#C[Si](C)(C)C)=C(Br)Br. The van der Waals surface area contributed by atoms with Gasteiger partial charge >= 0.3 is 0 Å². The number of rotatable bonds is 2. The van der Waals surface area contributed by atoms with Gasteiger partial charge in [0.15, 0.2) is 0 Å². The number of hydrogen-bond donors (Lipinski definition) is 0. The van der Waals surface area contributed by atoms with Gasteiger partial charge in [-0.15, -0.1) is 5.54 Å². The molecule has 0 amide bonds. The molecule has 0 aliphatic rings. The molecule has 0 aliphatic heterocycles. The highest BCUT2D eigenvalue weighted by molar-refractivity contribution is 9.28. The lowest BCUT2D eigenvalue weighted by molar-refractivity contribution is 1.71. The normalized spacial score (nSPS) is 10.7. The fraction of sp³-hybridized carbons (Fsp3) is 0.286. The molecule has 0 bridgehead atoms. The quantitative estimate of drug-likeness (QED) is 0.363. The third kappa shape index (κ3) is 10.4. The Morgan fingerprint density at radius 2 is 1.71 bits per heavy atom. The van der Waals surface area contributed by atoms with Crippen LogP contribution < -0.4 is 0 Å². The van der Waals surface area contributed by atoms with E-state index in [1.54, 1.807) is 0 Å². The highest BCUT2D eigenvalue weighted by atomic mass is 79.9. The van der Waals surface area contributed by atoms with Crippen LogP contribution in [0, 0.1) is 23.3 Å². The van der Waals surface area contributed by atoms with E-state index in [1.165, 1.54) is 0 Å². The van der Waals surface area contributed by atoms with Gasteiger partial charge in [0, 0.05) is 5.57 Å². The number of allylic oxidation sites excluding steroid dienone is 5. The highest BCUT2D eigenvalue weighted by Gasteiger charge is 2.06. The molecule has 0 aromatic heterocycles. The average Bonchev–Trinajstić information content (AvgIpc) is 2.19. The summed E-state index contributed by atoms with van der Waals surface area (Å²) in [6, 6.07) is 0. The Morgan fingerprint density at radius 1 is 1.06 bits per heavy atom. The molecule has 0 atom stereocenters. The molecule has 90 valence electrons. The molecule has 0 nitrogen and oxygen atoms in total. The van der Waals surface area contributed by atoms with Crippen LogP contribution in [0.3, 0.4) is 0 Å². The monoisotopic (exact) mass is 370 g/mol. The molecule has 3 heteroatoms. The molecule has 0 N–H and O–H groups in total. The van der Waals surface area contributed by atoms with Crippen molar-refractivity contribution in [3.63, 3.8) is 0 Å². The van der Waals surface area contributed by atoms with Gasteiger partial charge in [-0.05, 0) is 56.7 Å². The van der Waals surface area contributed by atoms with Crippen LogP contribution in [0.4, 0.5) is 0 Å². The summed E-state index contributed by atoms with van der Waals surface area (Å²) in [4.78, 5) is 0. The van der Waals surface area contributed by atoms with Crippen LogP contribution in [0.5, 0.6) is 0 Å². The van der Waals surface area contributed by atoms with E-state index < -0.39 is 8.07 Å². The van der Waals surface area contributed by atoms with Gasteiger partial charge in [0.1, 0.15) is 8.07 Å². The number of halogens is 2. The fourth-order valence-electron chi connectivity index (χ4n) is 0.732. The molecule has 0 fully saturated rings. The molecule has 0 unspecified atom stereocenters. The first kappa shape index (κ1) is 16.5. The lowest BCUT2D eigenvalue weighted by Crippen LogP contribution is -2.16. The molecular formula is C14H16Br2Si. The molecular weight excluding hydrogens is 356 g/mol. The van der Waals surface area contributed by atoms with E-state index in [9.17, 15) is 0 Å². The zero-order chi connectivity index (χ0) is 13.3. The smallest absolute Gasteiger partial charge is 0.118 e. The number of hydrogen-bond acceptors (Lipinski definition) is 0. The Morgan fingerprint density at radius 3 is 2.18 bits per heavy atom. The second kappa shape index (κ2) is 8.58. The van der Waals surface area contributed by atoms with Crippen molar-refractivity contribution in [1.29, 1.82) is 0 Å². The van der Waals surface area contributed by atoms with E-state index in [-0.39, 0.29) is 0 Å². The van der Waals surface area contributed by atoms with E-state index in [1.807, 2.05) is 31.2 Å². The first-order chi connectivity index (χ1) is 7.87. The molecule has 0 aliphatic carbocycles. The van der Waals surface area contributed by atoms with E-state index >= 15 is 0 Å². The van der Waals surface area contributed by atoms with Crippen LogP contribution >= 0.6 is 31.9 Å². The maximum atomic E-state index is 3.36. The minimum atomic E-state index is -1.32. The first-order valence-corrected chi connectivity index (χ1v) is 10.3. The van der Waals surface area contributed by atoms with Crippen molar-refractivity contribution in [1.82, 2.24) is 0 Å². The Labute approximate surface area is 123 Å². The summed E-state index contributed by atoms with van der Waals surface area (Å²) in [7, 11) is -1.32. The summed E-state index contributed by atoms with van der Waals surface area (Å²) in [5.41, 5.74) is 4.09. The van der Waals surface area contributed by atoms with Gasteiger partial charge in [0.25, 0.3) is 0 Å². The van der Waals surface area contributed by atoms with Crippen LogP contribution in [0.15, 0.2) is 33.3 Å². The van der Waals surface area contributed by atoms with Gasteiger partial charge in [-0.25, -0.2) is 0 Å². The predicted octanol–water partition coefficient (Wildman–Crippen LogP) is 5.00. The van der Waals surface area contributed by atoms with Gasteiger partial charge in [-0.1, -0.05) is 43.8 Å². The largest absolute Gasteiger partial charge is 0.130 e. The van der Waals surface area contributed by atoms with Gasteiger partial charge < -0.3 is 0 Å². The van der Waals surface area contributed by atoms with Crippen LogP contribution in [0.1, 0.15) is 6.92 Å². The van der Waals surface area contributed by atoms with E-state index in [4.69, 9.17) is 0 Å². The zero-order valence-electron chi connectivity index (χ0n) is 10.6. The third-order valence-corrected chi connectivity index (χ3v) is 3.20. The van der Waals surface area contributed by atoms with Gasteiger partial charge in [-0.2, -0.15) is 0 Å². The Bertz CT molecular complexity index is 450. The van der Waals surface area contributed by atoms with Crippen LogP contribution in [0.25, 0.3) is 0 Å². The van der Waals surface area contributed by atoms with Crippen molar-refractivity contribution >= 4 is 39.9 Å². The van der Waals surface area contributed by atoms with Crippen molar-refractivity contribution in [3.05, 3.63) is 33.3 Å². The molecule has 0 radical (unpaired) electrons. The fourth-order valence-corrected chi connectivity index (χ4v) is 1.63. The Balaban J connectivity index is 4.87. The zero-order valence-corrected chi connectivity index (χ0v) is 14.7. The van der Waals surface area contributed by atoms with Crippen LogP contribution in [-0.2, 0) is 0 Å². The van der Waals surface area contributed by atoms with Gasteiger partial charge in [-0.3, -0.25) is 0 Å². The summed E-state index contributed by atoms with van der Waals surface area (Å²) in [6.07, 6.45) is 7.80. The standard InChI is InChI=1S/C14H16Br2Si/c1-5-6-7-10-13(14(15)16)11-8-9-12-17(2,3)4/h5-7,10H,1-4H3/b6-5+,10-7+. The van der Waals surface area contributed by atoms with Crippen LogP contribution in [-0.4, -0.2) is 8.07 Å². The Kier molecular flexibility index (Phi) is 8.34. The molecule has 0 rings (SSSR count). The van der Waals surface area contributed by atoms with Gasteiger partial charge in [0.2, 0.25) is 0 Å². The molecule has 0 saturated carbocycles. The van der Waals surface area contributed by atoms with Crippen LogP contribution in [0.2, 0.25) is 19.6 Å². The van der Waals surface area contributed by atoms with E-state index in [0.29, 0.717) is 0 Å². The van der Waals surface area contributed by atoms with Crippen molar-refractivity contribution < 1.29 is 0 Å². The molecule has 0 spiro atoms. The lowest BCUT2D eigenvalue weighted by atomic mass is 10.3. The van der Waals surface area contributed by atoms with Crippen molar-refractivity contribution in [3.8, 4) is 23.3 Å². The Hall–Kier alpha value is -0.483. The minimum absolute atomic E-state index is 0.841. The second-order valence-corrected chi connectivity index (χ2v) is 11.7. The third-order valence-electron chi connectivity index (χ3n) is 1.47. The maximum absolute atomic E-state index is 3.36. The summed E-state index contributed by atoms with van der Waals surface area (Å²) in [5.74, 6) is 8.82. The molecule has 0 heterocycles. The molecule has 0 aromatic rings. The molecule has 0 saturated heterocycles. The van der Waals surface area contributed by atoms with Gasteiger partial charge in [0.05, 0.1) is 3.39 Å². The van der Waals surface area contributed by atoms with E-state index in [2.05, 4.69) is 74.8 Å². The molecule has 17 heavy (non-hydrogen) atoms. The summed E-state index contributed by atoms with van der Waals surface area (Å²) in [5, 5.41) is 0. The van der Waals surface area contributed by atoms with Crippen molar-refractivity contribution in [2.45, 2.75) is 26.6 Å². The topological polar surface area (TPSA) is 0 Å². The second-order valence-electron chi connectivity index (χ2n) is 4.31. The predicted molar refractivity (Wildman–Crippen MR) is 87.7 cm³/mol. The average molecular weight is 372 g/mol. The van der Waals surface area contributed by atoms with Crippen molar-refractivity contribution in [2.75, 3.05) is 0 Å². The first-order valence-electron chi connectivity index (χ1n) is 5.24. The summed E-state index contributed by atoms with van der Waals surface area (Å²) in [6.45, 7) is 8.57. The summed E-state index contributed by atoms with van der Waals surface area (Å²) < 4.78 is 0.841. The van der Waals surface area contributed by atoms with E-state index in [0.717, 1.165) is 8.96 Å². The molecule has 0 aromatic carbocycles.